The lowest BCUT2D eigenvalue weighted by molar-refractivity contribution is -0.132. The minimum absolute atomic E-state index is 0.0393. The second-order valence-corrected chi connectivity index (χ2v) is 8.05. The molecule has 0 fully saturated rings. The van der Waals surface area contributed by atoms with E-state index in [0.29, 0.717) is 17.9 Å². The van der Waals surface area contributed by atoms with Gasteiger partial charge < -0.3 is 15.5 Å². The Morgan fingerprint density at radius 1 is 1.06 bits per heavy atom. The summed E-state index contributed by atoms with van der Waals surface area (Å²) >= 11 is 0. The van der Waals surface area contributed by atoms with E-state index >= 15 is 0 Å². The molecule has 33 heavy (non-hydrogen) atoms. The predicted octanol–water partition coefficient (Wildman–Crippen LogP) is 2.95. The second-order valence-electron chi connectivity index (χ2n) is 8.05. The molecule has 1 aliphatic heterocycles. The first-order chi connectivity index (χ1) is 15.9. The molecule has 2 heterocycles. The topological polar surface area (TPSA) is 109 Å². The highest BCUT2D eigenvalue weighted by Gasteiger charge is 2.30. The van der Waals surface area contributed by atoms with E-state index < -0.39 is 6.04 Å². The van der Waals surface area contributed by atoms with Crippen LogP contribution in [-0.4, -0.2) is 43.9 Å². The number of nitrogens with one attached hydrogen (secondary N) is 2. The van der Waals surface area contributed by atoms with Gasteiger partial charge in [0.15, 0.2) is 0 Å². The van der Waals surface area contributed by atoms with Crippen LogP contribution in [0.15, 0.2) is 61.2 Å². The molecule has 0 aliphatic carbocycles. The summed E-state index contributed by atoms with van der Waals surface area (Å²) in [6, 6.07) is 14.1. The van der Waals surface area contributed by atoms with E-state index in [1.54, 1.807) is 36.1 Å². The third kappa shape index (κ3) is 5.08. The van der Waals surface area contributed by atoms with E-state index in [4.69, 9.17) is 0 Å². The molecule has 2 aromatic carbocycles. The standard InChI is InChI=1S/C24H26N6O3/c1-16(30-15-25-14-26-30)24(33)28-20-9-7-19(8-10-20)27-23(32)13-22-21-6-4-3-5-18(21)11-12-29(22)17(2)31/h3-10,14-16,22H,11-13H2,1-2H3,(H,27,32)(H,28,33). The summed E-state index contributed by atoms with van der Waals surface area (Å²) in [5.41, 5.74) is 3.41. The SMILES string of the molecule is CC(=O)N1CCc2ccccc2C1CC(=O)Nc1ccc(NC(=O)C(C)n2cncn2)cc1. The van der Waals surface area contributed by atoms with Gasteiger partial charge in [0.2, 0.25) is 17.7 Å². The quantitative estimate of drug-likeness (QED) is 0.605. The van der Waals surface area contributed by atoms with Crippen molar-refractivity contribution in [2.24, 2.45) is 0 Å². The van der Waals surface area contributed by atoms with Crippen molar-refractivity contribution in [1.82, 2.24) is 19.7 Å². The number of carbonyl (C=O) groups is 3. The number of hydrogen-bond acceptors (Lipinski definition) is 5. The first-order valence-electron chi connectivity index (χ1n) is 10.8. The first-order valence-corrected chi connectivity index (χ1v) is 10.8. The molecule has 1 aromatic heterocycles. The van der Waals surface area contributed by atoms with E-state index in [2.05, 4.69) is 26.8 Å². The normalized spacial score (nSPS) is 15.9. The van der Waals surface area contributed by atoms with Crippen LogP contribution in [0.4, 0.5) is 11.4 Å². The lowest BCUT2D eigenvalue weighted by Gasteiger charge is -2.36. The zero-order chi connectivity index (χ0) is 23.4. The van der Waals surface area contributed by atoms with Gasteiger partial charge in [-0.15, -0.1) is 0 Å². The molecular formula is C24H26N6O3. The van der Waals surface area contributed by atoms with Gasteiger partial charge in [0.25, 0.3) is 0 Å². The summed E-state index contributed by atoms with van der Waals surface area (Å²) in [6.45, 7) is 3.87. The number of fused-ring (bicyclic) bond motifs is 1. The lowest BCUT2D eigenvalue weighted by Crippen LogP contribution is -2.40. The highest BCUT2D eigenvalue weighted by Crippen LogP contribution is 2.32. The number of rotatable bonds is 6. The Hall–Kier alpha value is -4.01. The Morgan fingerprint density at radius 3 is 2.42 bits per heavy atom. The number of aromatic nitrogens is 3. The minimum atomic E-state index is -0.505. The van der Waals surface area contributed by atoms with Crippen molar-refractivity contribution in [2.75, 3.05) is 17.2 Å². The molecule has 0 bridgehead atoms. The highest BCUT2D eigenvalue weighted by molar-refractivity contribution is 5.94. The number of nitrogens with zero attached hydrogens (tertiary/aromatic N) is 4. The third-order valence-corrected chi connectivity index (χ3v) is 5.84. The molecule has 0 saturated carbocycles. The van der Waals surface area contributed by atoms with Crippen LogP contribution in [0.2, 0.25) is 0 Å². The zero-order valence-corrected chi connectivity index (χ0v) is 18.6. The van der Waals surface area contributed by atoms with Crippen LogP contribution in [-0.2, 0) is 20.8 Å². The fraction of sp³-hybridized carbons (Fsp3) is 0.292. The Balaban J connectivity index is 1.38. The molecule has 9 nitrogen and oxygen atoms in total. The van der Waals surface area contributed by atoms with Crippen LogP contribution in [0.25, 0.3) is 0 Å². The van der Waals surface area contributed by atoms with Crippen molar-refractivity contribution < 1.29 is 14.4 Å². The monoisotopic (exact) mass is 446 g/mol. The summed E-state index contributed by atoms with van der Waals surface area (Å²) in [5, 5.41) is 9.69. The Labute approximate surface area is 191 Å². The average molecular weight is 447 g/mol. The molecule has 3 amide bonds. The van der Waals surface area contributed by atoms with Crippen LogP contribution in [0.1, 0.15) is 43.5 Å². The van der Waals surface area contributed by atoms with Crippen molar-refractivity contribution in [2.45, 2.75) is 38.8 Å². The fourth-order valence-electron chi connectivity index (χ4n) is 4.06. The minimum Gasteiger partial charge on any atom is -0.335 e. The van der Waals surface area contributed by atoms with E-state index in [1.165, 1.54) is 29.8 Å². The van der Waals surface area contributed by atoms with E-state index in [9.17, 15) is 14.4 Å². The smallest absolute Gasteiger partial charge is 0.249 e. The van der Waals surface area contributed by atoms with Gasteiger partial charge in [-0.3, -0.25) is 14.4 Å². The molecule has 4 rings (SSSR count). The largest absolute Gasteiger partial charge is 0.335 e. The maximum absolute atomic E-state index is 12.8. The molecule has 9 heteroatoms. The molecule has 2 N–H and O–H groups in total. The van der Waals surface area contributed by atoms with Gasteiger partial charge >= 0.3 is 0 Å². The molecule has 3 aromatic rings. The number of anilines is 2. The molecule has 1 aliphatic rings. The van der Waals surface area contributed by atoms with Crippen molar-refractivity contribution >= 4 is 29.1 Å². The predicted molar refractivity (Wildman–Crippen MR) is 123 cm³/mol. The van der Waals surface area contributed by atoms with Crippen molar-refractivity contribution in [3.05, 3.63) is 72.3 Å². The summed E-state index contributed by atoms with van der Waals surface area (Å²) in [6.07, 6.45) is 3.82. The van der Waals surface area contributed by atoms with Crippen LogP contribution in [0, 0.1) is 0 Å². The number of hydrogen-bond donors (Lipinski definition) is 2. The summed E-state index contributed by atoms with van der Waals surface area (Å²) < 4.78 is 1.47. The Morgan fingerprint density at radius 2 is 1.76 bits per heavy atom. The first kappa shape index (κ1) is 22.2. The molecule has 2 atom stereocenters. The Bertz CT molecular complexity index is 1140. The number of amides is 3. The van der Waals surface area contributed by atoms with Gasteiger partial charge in [0.1, 0.15) is 18.7 Å². The van der Waals surface area contributed by atoms with Gasteiger partial charge in [-0.1, -0.05) is 24.3 Å². The van der Waals surface area contributed by atoms with Gasteiger partial charge in [0, 0.05) is 24.8 Å². The Kier molecular flexibility index (Phi) is 6.48. The second kappa shape index (κ2) is 9.64. The van der Waals surface area contributed by atoms with Gasteiger partial charge in [-0.2, -0.15) is 5.10 Å². The van der Waals surface area contributed by atoms with Gasteiger partial charge in [-0.25, -0.2) is 9.67 Å². The highest BCUT2D eigenvalue weighted by atomic mass is 16.2. The van der Waals surface area contributed by atoms with Crippen molar-refractivity contribution in [1.29, 1.82) is 0 Å². The van der Waals surface area contributed by atoms with Crippen LogP contribution >= 0.6 is 0 Å². The van der Waals surface area contributed by atoms with Crippen LogP contribution in [0.3, 0.4) is 0 Å². The van der Waals surface area contributed by atoms with Gasteiger partial charge in [-0.05, 0) is 48.7 Å². The fourth-order valence-corrected chi connectivity index (χ4v) is 4.06. The molecule has 2 unspecified atom stereocenters. The molecule has 0 spiro atoms. The summed E-state index contributed by atoms with van der Waals surface area (Å²) in [5.74, 6) is -0.445. The number of carbonyl (C=O) groups excluding carboxylic acids is 3. The van der Waals surface area contributed by atoms with Crippen LogP contribution in [0.5, 0.6) is 0 Å². The molecule has 0 radical (unpaired) electrons. The van der Waals surface area contributed by atoms with Crippen LogP contribution < -0.4 is 10.6 Å². The van der Waals surface area contributed by atoms with Crippen molar-refractivity contribution in [3.63, 3.8) is 0 Å². The summed E-state index contributed by atoms with van der Waals surface area (Å²) in [4.78, 5) is 43.0. The van der Waals surface area contributed by atoms with E-state index in [1.807, 2.05) is 18.2 Å². The molecule has 0 saturated heterocycles. The maximum Gasteiger partial charge on any atom is 0.249 e. The molecular weight excluding hydrogens is 420 g/mol. The third-order valence-electron chi connectivity index (χ3n) is 5.84. The molecule has 170 valence electrons. The van der Waals surface area contributed by atoms with E-state index in [-0.39, 0.29) is 30.2 Å². The lowest BCUT2D eigenvalue weighted by atomic mass is 9.90. The zero-order valence-electron chi connectivity index (χ0n) is 18.6. The van der Waals surface area contributed by atoms with E-state index in [0.717, 1.165) is 12.0 Å². The van der Waals surface area contributed by atoms with Crippen molar-refractivity contribution in [3.8, 4) is 0 Å². The van der Waals surface area contributed by atoms with Gasteiger partial charge in [0.05, 0.1) is 12.5 Å². The maximum atomic E-state index is 12.8. The average Bonchev–Trinajstić information content (AvgIpc) is 3.35. The number of benzene rings is 2. The summed E-state index contributed by atoms with van der Waals surface area (Å²) in [7, 11) is 0.